The third-order valence-electron chi connectivity index (χ3n) is 4.49. The number of pyridine rings is 1. The van der Waals surface area contributed by atoms with Gasteiger partial charge in [-0.15, -0.1) is 0 Å². The van der Waals surface area contributed by atoms with Crippen molar-refractivity contribution in [2.24, 2.45) is 0 Å². The van der Waals surface area contributed by atoms with E-state index in [-0.39, 0.29) is 6.04 Å². The van der Waals surface area contributed by atoms with Gasteiger partial charge in [-0.3, -0.25) is 4.98 Å². The Hall–Kier alpha value is -1.92. The Balaban J connectivity index is 1.93. The maximum atomic E-state index is 13.2. The standard InChI is InChI=1S/C18H22N2O3S/c1-23-17-6-8-18(9-7-17)24(21,22)20(16-4-2-3-5-16)14-15-10-12-19-13-11-15/h6-13,16H,2-5,14H2,1H3. The summed E-state index contributed by atoms with van der Waals surface area (Å²) in [6, 6.07) is 10.4. The fraction of sp³-hybridized carbons (Fsp3) is 0.389. The van der Waals surface area contributed by atoms with E-state index in [9.17, 15) is 8.42 Å². The molecule has 5 nitrogen and oxygen atoms in total. The Morgan fingerprint density at radius 1 is 1.08 bits per heavy atom. The summed E-state index contributed by atoms with van der Waals surface area (Å²) >= 11 is 0. The molecule has 0 bridgehead atoms. The summed E-state index contributed by atoms with van der Waals surface area (Å²) in [6.07, 6.45) is 7.39. The van der Waals surface area contributed by atoms with Crippen LogP contribution >= 0.6 is 0 Å². The molecule has 6 heteroatoms. The van der Waals surface area contributed by atoms with Crippen LogP contribution in [-0.2, 0) is 16.6 Å². The van der Waals surface area contributed by atoms with Gasteiger partial charge in [-0.25, -0.2) is 8.42 Å². The average molecular weight is 346 g/mol. The van der Waals surface area contributed by atoms with Crippen LogP contribution in [0.5, 0.6) is 5.75 Å². The SMILES string of the molecule is COc1ccc(S(=O)(=O)N(Cc2ccncc2)C2CCCC2)cc1. The Labute approximate surface area is 143 Å². The molecule has 0 radical (unpaired) electrons. The predicted octanol–water partition coefficient (Wildman–Crippen LogP) is 3.22. The van der Waals surface area contributed by atoms with Gasteiger partial charge >= 0.3 is 0 Å². The number of sulfonamides is 1. The van der Waals surface area contributed by atoms with Crippen molar-refractivity contribution in [1.29, 1.82) is 0 Å². The molecule has 0 aliphatic heterocycles. The molecule has 1 aliphatic rings. The van der Waals surface area contributed by atoms with Crippen molar-refractivity contribution in [3.8, 4) is 5.75 Å². The molecule has 3 rings (SSSR count). The first-order chi connectivity index (χ1) is 11.6. The highest BCUT2D eigenvalue weighted by molar-refractivity contribution is 7.89. The highest BCUT2D eigenvalue weighted by Gasteiger charge is 2.33. The average Bonchev–Trinajstić information content (AvgIpc) is 3.14. The number of methoxy groups -OCH3 is 1. The van der Waals surface area contributed by atoms with Gasteiger partial charge in [0.2, 0.25) is 10.0 Å². The van der Waals surface area contributed by atoms with Gasteiger partial charge in [-0.1, -0.05) is 12.8 Å². The van der Waals surface area contributed by atoms with Crippen LogP contribution in [0.3, 0.4) is 0 Å². The van der Waals surface area contributed by atoms with E-state index in [0.717, 1.165) is 31.2 Å². The van der Waals surface area contributed by atoms with Crippen molar-refractivity contribution < 1.29 is 13.2 Å². The number of benzene rings is 1. The van der Waals surface area contributed by atoms with Crippen molar-refractivity contribution >= 4 is 10.0 Å². The zero-order valence-electron chi connectivity index (χ0n) is 13.8. The molecule has 2 aromatic rings. The first-order valence-electron chi connectivity index (χ1n) is 8.16. The summed E-state index contributed by atoms with van der Waals surface area (Å²) in [5, 5.41) is 0. The molecule has 0 atom stereocenters. The molecule has 0 unspecified atom stereocenters. The van der Waals surface area contributed by atoms with E-state index in [4.69, 9.17) is 4.74 Å². The predicted molar refractivity (Wildman–Crippen MR) is 92.2 cm³/mol. The third kappa shape index (κ3) is 3.60. The van der Waals surface area contributed by atoms with Crippen molar-refractivity contribution in [3.63, 3.8) is 0 Å². The second-order valence-electron chi connectivity index (χ2n) is 6.02. The maximum absolute atomic E-state index is 13.2. The lowest BCUT2D eigenvalue weighted by molar-refractivity contribution is 0.316. The second kappa shape index (κ2) is 7.32. The molecule has 24 heavy (non-hydrogen) atoms. The van der Waals surface area contributed by atoms with Crippen molar-refractivity contribution in [2.45, 2.75) is 43.2 Å². The van der Waals surface area contributed by atoms with Crippen LogP contribution in [0.4, 0.5) is 0 Å². The van der Waals surface area contributed by atoms with Gasteiger partial charge in [-0.05, 0) is 54.8 Å². The van der Waals surface area contributed by atoms with Gasteiger partial charge in [0.05, 0.1) is 12.0 Å². The lowest BCUT2D eigenvalue weighted by Gasteiger charge is -2.28. The van der Waals surface area contributed by atoms with Gasteiger partial charge in [0.15, 0.2) is 0 Å². The lowest BCUT2D eigenvalue weighted by Crippen LogP contribution is -2.38. The molecular formula is C18H22N2O3S. The van der Waals surface area contributed by atoms with Gasteiger partial charge < -0.3 is 4.74 Å². The van der Waals surface area contributed by atoms with E-state index < -0.39 is 10.0 Å². The molecule has 128 valence electrons. The third-order valence-corrected chi connectivity index (χ3v) is 6.40. The van der Waals surface area contributed by atoms with Gasteiger partial charge in [-0.2, -0.15) is 4.31 Å². The van der Waals surface area contributed by atoms with Gasteiger partial charge in [0.25, 0.3) is 0 Å². The molecule has 1 heterocycles. The Morgan fingerprint density at radius 2 is 1.71 bits per heavy atom. The van der Waals surface area contributed by atoms with Gasteiger partial charge in [0, 0.05) is 25.0 Å². The summed E-state index contributed by atoms with van der Waals surface area (Å²) in [5.41, 5.74) is 0.953. The van der Waals surface area contributed by atoms with Crippen LogP contribution in [0.25, 0.3) is 0 Å². The van der Waals surface area contributed by atoms with E-state index in [2.05, 4.69) is 4.98 Å². The van der Waals surface area contributed by atoms with E-state index in [1.54, 1.807) is 48.1 Å². The number of rotatable bonds is 6. The molecule has 1 saturated carbocycles. The monoisotopic (exact) mass is 346 g/mol. The minimum atomic E-state index is -3.55. The van der Waals surface area contributed by atoms with Crippen LogP contribution in [0.2, 0.25) is 0 Å². The summed E-state index contributed by atoms with van der Waals surface area (Å²) in [4.78, 5) is 4.32. The first kappa shape index (κ1) is 16.9. The fourth-order valence-corrected chi connectivity index (χ4v) is 4.83. The number of hydrogen-bond donors (Lipinski definition) is 0. The highest BCUT2D eigenvalue weighted by atomic mass is 32.2. The zero-order valence-corrected chi connectivity index (χ0v) is 14.6. The van der Waals surface area contributed by atoms with E-state index in [1.807, 2.05) is 12.1 Å². The molecular weight excluding hydrogens is 324 g/mol. The Kier molecular flexibility index (Phi) is 5.16. The smallest absolute Gasteiger partial charge is 0.243 e. The van der Waals surface area contributed by atoms with Crippen LogP contribution < -0.4 is 4.74 Å². The van der Waals surface area contributed by atoms with Crippen LogP contribution in [0.15, 0.2) is 53.7 Å². The molecule has 1 fully saturated rings. The number of hydrogen-bond acceptors (Lipinski definition) is 4. The topological polar surface area (TPSA) is 59.5 Å². The van der Waals surface area contributed by atoms with E-state index >= 15 is 0 Å². The highest BCUT2D eigenvalue weighted by Crippen LogP contribution is 2.30. The number of ether oxygens (including phenoxy) is 1. The molecule has 1 aliphatic carbocycles. The summed E-state index contributed by atoms with van der Waals surface area (Å²) in [5.74, 6) is 0.649. The van der Waals surface area contributed by atoms with Crippen LogP contribution in [0, 0.1) is 0 Å². The summed E-state index contributed by atoms with van der Waals surface area (Å²) < 4.78 is 33.2. The van der Waals surface area contributed by atoms with Crippen molar-refractivity contribution in [3.05, 3.63) is 54.4 Å². The van der Waals surface area contributed by atoms with E-state index in [0.29, 0.717) is 17.2 Å². The van der Waals surface area contributed by atoms with E-state index in [1.165, 1.54) is 0 Å². The van der Waals surface area contributed by atoms with Gasteiger partial charge in [0.1, 0.15) is 5.75 Å². The van der Waals surface area contributed by atoms with Crippen LogP contribution in [0.1, 0.15) is 31.2 Å². The van der Waals surface area contributed by atoms with Crippen molar-refractivity contribution in [2.75, 3.05) is 7.11 Å². The minimum Gasteiger partial charge on any atom is -0.497 e. The second-order valence-corrected chi connectivity index (χ2v) is 7.91. The Morgan fingerprint density at radius 3 is 2.29 bits per heavy atom. The molecule has 1 aromatic heterocycles. The normalized spacial score (nSPS) is 15.8. The Bertz CT molecular complexity index is 755. The number of aromatic nitrogens is 1. The minimum absolute atomic E-state index is 0.0604. The molecule has 0 N–H and O–H groups in total. The van der Waals surface area contributed by atoms with Crippen molar-refractivity contribution in [1.82, 2.24) is 9.29 Å². The number of nitrogens with zero attached hydrogens (tertiary/aromatic N) is 2. The van der Waals surface area contributed by atoms with Crippen LogP contribution in [-0.4, -0.2) is 30.9 Å². The summed E-state index contributed by atoms with van der Waals surface area (Å²) in [7, 11) is -1.98. The molecule has 0 saturated heterocycles. The molecule has 0 amide bonds. The molecule has 1 aromatic carbocycles. The first-order valence-corrected chi connectivity index (χ1v) is 9.60. The largest absolute Gasteiger partial charge is 0.497 e. The zero-order chi connectivity index (χ0) is 17.0. The quantitative estimate of drug-likeness (QED) is 0.806. The maximum Gasteiger partial charge on any atom is 0.243 e. The fourth-order valence-electron chi connectivity index (χ4n) is 3.15. The molecule has 0 spiro atoms. The summed E-state index contributed by atoms with van der Waals surface area (Å²) in [6.45, 7) is 0.377. The lowest BCUT2D eigenvalue weighted by atomic mass is 10.2.